The maximum absolute atomic E-state index is 11.9. The van der Waals surface area contributed by atoms with Crippen molar-refractivity contribution in [3.05, 3.63) is 12.2 Å². The van der Waals surface area contributed by atoms with E-state index >= 15 is 0 Å². The Morgan fingerprint density at radius 3 is 2.73 bits per heavy atom. The molecule has 0 aromatic heterocycles. The molecule has 6 nitrogen and oxygen atoms in total. The molecule has 0 aromatic rings. The number of hydrogen-bond donors (Lipinski definition) is 3. The quantitative estimate of drug-likeness (QED) is 0.571. The molecule has 1 amide bonds. The largest absolute Gasteiger partial charge is 0.390 e. The van der Waals surface area contributed by atoms with Gasteiger partial charge in [-0.25, -0.2) is 0 Å². The molecule has 1 saturated carbocycles. The number of nitrogens with one attached hydrogen (secondary N) is 1. The van der Waals surface area contributed by atoms with Gasteiger partial charge in [0.15, 0.2) is 6.29 Å². The molecule has 1 heterocycles. The molecule has 0 unspecified atom stereocenters. The van der Waals surface area contributed by atoms with Crippen molar-refractivity contribution in [3.63, 3.8) is 0 Å². The van der Waals surface area contributed by atoms with E-state index in [9.17, 15) is 15.0 Å². The van der Waals surface area contributed by atoms with Gasteiger partial charge in [-0.15, -0.1) is 0 Å². The van der Waals surface area contributed by atoms with Gasteiger partial charge in [-0.1, -0.05) is 25.3 Å². The van der Waals surface area contributed by atoms with E-state index in [-0.39, 0.29) is 24.5 Å². The molecule has 2 rings (SSSR count). The lowest BCUT2D eigenvalue weighted by Crippen LogP contribution is -2.48. The van der Waals surface area contributed by atoms with Gasteiger partial charge >= 0.3 is 0 Å². The van der Waals surface area contributed by atoms with Crippen molar-refractivity contribution >= 4 is 5.91 Å². The fourth-order valence-corrected chi connectivity index (χ4v) is 3.58. The van der Waals surface area contributed by atoms with Gasteiger partial charge in [0, 0.05) is 13.0 Å². The van der Waals surface area contributed by atoms with Crippen LogP contribution in [0.5, 0.6) is 0 Å². The molecule has 5 atom stereocenters. The van der Waals surface area contributed by atoms with E-state index in [2.05, 4.69) is 5.32 Å². The van der Waals surface area contributed by atoms with Crippen molar-refractivity contribution in [2.45, 2.75) is 95.9 Å². The molecule has 6 heteroatoms. The highest BCUT2D eigenvalue weighted by atomic mass is 16.7. The minimum Gasteiger partial charge on any atom is -0.390 e. The minimum absolute atomic E-state index is 0.0296. The second-order valence-corrected chi connectivity index (χ2v) is 7.76. The Morgan fingerprint density at radius 2 is 2.00 bits per heavy atom. The first-order valence-corrected chi connectivity index (χ1v) is 10.1. The Bertz CT molecular complexity index is 449. The van der Waals surface area contributed by atoms with Crippen molar-refractivity contribution in [3.8, 4) is 0 Å². The van der Waals surface area contributed by atoms with Crippen LogP contribution in [0.15, 0.2) is 12.2 Å². The summed E-state index contributed by atoms with van der Waals surface area (Å²) in [6.07, 6.45) is 8.90. The Kier molecular flexibility index (Phi) is 9.05. The number of aliphatic hydroxyl groups excluding tert-OH is 2. The van der Waals surface area contributed by atoms with E-state index in [0.29, 0.717) is 5.92 Å². The molecule has 150 valence electrons. The molecule has 0 bridgehead atoms. The summed E-state index contributed by atoms with van der Waals surface area (Å²) in [6, 6.07) is 0. The smallest absolute Gasteiger partial charge is 0.243 e. The van der Waals surface area contributed by atoms with E-state index in [1.165, 1.54) is 32.1 Å². The third kappa shape index (κ3) is 7.35. The maximum Gasteiger partial charge on any atom is 0.243 e. The number of amides is 1. The molecule has 1 saturated heterocycles. The van der Waals surface area contributed by atoms with Gasteiger partial charge in [0.25, 0.3) is 0 Å². The molecule has 2 fully saturated rings. The lowest BCUT2D eigenvalue weighted by molar-refractivity contribution is -0.273. The molecular formula is C20H35NO5. The molecule has 1 aliphatic heterocycles. The normalized spacial score (nSPS) is 31.8. The predicted octanol–water partition coefficient (Wildman–Crippen LogP) is 2.28. The highest BCUT2D eigenvalue weighted by molar-refractivity contribution is 5.87. The molecule has 3 N–H and O–H groups in total. The number of aliphatic hydroxyl groups is 2. The van der Waals surface area contributed by atoms with Crippen LogP contribution < -0.4 is 5.32 Å². The minimum atomic E-state index is -0.815. The van der Waals surface area contributed by atoms with E-state index in [1.54, 1.807) is 13.0 Å². The third-order valence-electron chi connectivity index (χ3n) is 5.35. The number of hydrogen-bond acceptors (Lipinski definition) is 5. The zero-order valence-electron chi connectivity index (χ0n) is 16.1. The number of carbonyl (C=O) groups is 1. The van der Waals surface area contributed by atoms with Gasteiger partial charge < -0.3 is 25.0 Å². The van der Waals surface area contributed by atoms with Gasteiger partial charge in [0.1, 0.15) is 6.10 Å². The van der Waals surface area contributed by atoms with Crippen LogP contribution in [0.1, 0.15) is 65.2 Å². The number of carbonyl (C=O) groups excluding carboxylic acids is 1. The van der Waals surface area contributed by atoms with Crippen molar-refractivity contribution in [1.29, 1.82) is 0 Å². The van der Waals surface area contributed by atoms with Crippen LogP contribution in [0.4, 0.5) is 0 Å². The Morgan fingerprint density at radius 1 is 1.27 bits per heavy atom. The van der Waals surface area contributed by atoms with E-state index < -0.39 is 18.5 Å². The van der Waals surface area contributed by atoms with Crippen LogP contribution in [-0.4, -0.2) is 53.4 Å². The van der Waals surface area contributed by atoms with E-state index in [4.69, 9.17) is 9.47 Å². The van der Waals surface area contributed by atoms with Crippen LogP contribution >= 0.6 is 0 Å². The standard InChI is InChI=1S/C20H35NO5/c1-14(25-20-18(23)12-17(22)15(2)26-20)8-6-7-11-19(24)21-13-16-9-4-3-5-10-16/h7,11,14-18,20,22-23H,3-6,8-10,12-13H2,1-2H3,(H,21,24)/b11-7+/t14-,15+,17-,18-,20-/m1/s1. The topological polar surface area (TPSA) is 88.0 Å². The van der Waals surface area contributed by atoms with Gasteiger partial charge in [-0.3, -0.25) is 4.79 Å². The van der Waals surface area contributed by atoms with Crippen LogP contribution in [0.3, 0.4) is 0 Å². The third-order valence-corrected chi connectivity index (χ3v) is 5.35. The zero-order valence-corrected chi connectivity index (χ0v) is 16.1. The summed E-state index contributed by atoms with van der Waals surface area (Å²) in [5.41, 5.74) is 0. The van der Waals surface area contributed by atoms with Crippen molar-refractivity contribution in [1.82, 2.24) is 5.32 Å². The molecule has 26 heavy (non-hydrogen) atoms. The molecule has 0 aromatic carbocycles. The number of allylic oxidation sites excluding steroid dienone is 1. The Balaban J connectivity index is 1.59. The number of rotatable bonds is 8. The summed E-state index contributed by atoms with van der Waals surface area (Å²) in [4.78, 5) is 11.9. The van der Waals surface area contributed by atoms with E-state index in [0.717, 1.165) is 19.4 Å². The zero-order chi connectivity index (χ0) is 18.9. The Labute approximate surface area is 156 Å². The average Bonchev–Trinajstić information content (AvgIpc) is 2.62. The van der Waals surface area contributed by atoms with Crippen LogP contribution in [-0.2, 0) is 14.3 Å². The summed E-state index contributed by atoms with van der Waals surface area (Å²) in [7, 11) is 0. The van der Waals surface area contributed by atoms with E-state index in [1.807, 2.05) is 13.0 Å². The molecule has 2 aliphatic rings. The fourth-order valence-electron chi connectivity index (χ4n) is 3.58. The molecular weight excluding hydrogens is 334 g/mol. The molecule has 0 spiro atoms. The summed E-state index contributed by atoms with van der Waals surface area (Å²) >= 11 is 0. The van der Waals surface area contributed by atoms with Crippen LogP contribution in [0.2, 0.25) is 0 Å². The molecule has 1 aliphatic carbocycles. The fraction of sp³-hybridized carbons (Fsp3) is 0.850. The Hall–Kier alpha value is -0.950. The number of ether oxygens (including phenoxy) is 2. The van der Waals surface area contributed by atoms with Crippen LogP contribution in [0.25, 0.3) is 0 Å². The predicted molar refractivity (Wildman–Crippen MR) is 99.5 cm³/mol. The average molecular weight is 370 g/mol. The lowest BCUT2D eigenvalue weighted by Gasteiger charge is -2.36. The first-order valence-electron chi connectivity index (χ1n) is 10.1. The van der Waals surface area contributed by atoms with Crippen molar-refractivity contribution in [2.24, 2.45) is 5.92 Å². The van der Waals surface area contributed by atoms with Gasteiger partial charge in [0.2, 0.25) is 5.91 Å². The first kappa shape index (κ1) is 21.4. The van der Waals surface area contributed by atoms with Crippen molar-refractivity contribution < 1.29 is 24.5 Å². The summed E-state index contributed by atoms with van der Waals surface area (Å²) in [5, 5.41) is 22.6. The SMILES string of the molecule is C[C@H](CC/C=C/C(=O)NCC1CCCCC1)O[C@@H]1O[C@@H](C)[C@H](O)C[C@H]1O. The second kappa shape index (κ2) is 11.0. The monoisotopic (exact) mass is 369 g/mol. The van der Waals surface area contributed by atoms with Gasteiger partial charge in [0.05, 0.1) is 18.3 Å². The summed E-state index contributed by atoms with van der Waals surface area (Å²) < 4.78 is 11.2. The second-order valence-electron chi connectivity index (χ2n) is 7.76. The maximum atomic E-state index is 11.9. The van der Waals surface area contributed by atoms with Gasteiger partial charge in [-0.2, -0.15) is 0 Å². The van der Waals surface area contributed by atoms with Crippen LogP contribution in [0, 0.1) is 5.92 Å². The highest BCUT2D eigenvalue weighted by Crippen LogP contribution is 2.23. The lowest BCUT2D eigenvalue weighted by atomic mass is 9.89. The summed E-state index contributed by atoms with van der Waals surface area (Å²) in [6.45, 7) is 4.47. The summed E-state index contributed by atoms with van der Waals surface area (Å²) in [5.74, 6) is 0.607. The van der Waals surface area contributed by atoms with Gasteiger partial charge in [-0.05, 0) is 51.5 Å². The first-order chi connectivity index (χ1) is 12.5. The highest BCUT2D eigenvalue weighted by Gasteiger charge is 2.35. The van der Waals surface area contributed by atoms with Crippen molar-refractivity contribution in [2.75, 3.05) is 6.54 Å². The molecule has 0 radical (unpaired) electrons.